The minimum Gasteiger partial charge on any atom is -0.481 e. The third-order valence-electron chi connectivity index (χ3n) is 7.65. The van der Waals surface area contributed by atoms with Gasteiger partial charge in [-0.25, -0.2) is 4.39 Å². The van der Waals surface area contributed by atoms with Crippen LogP contribution in [0.5, 0.6) is 0 Å². The van der Waals surface area contributed by atoms with Crippen molar-refractivity contribution in [3.8, 4) is 17.2 Å². The number of rotatable bonds is 9. The summed E-state index contributed by atoms with van der Waals surface area (Å²) in [5.41, 5.74) is 1.49. The number of benzene rings is 1. The number of hydrogen-bond donors (Lipinski definition) is 3. The molecule has 2 amide bonds. The van der Waals surface area contributed by atoms with Crippen molar-refractivity contribution in [1.29, 1.82) is 5.26 Å². The number of aromatic nitrogens is 1. The molecule has 2 fully saturated rings. The number of aliphatic carboxylic acids is 1. The Balaban J connectivity index is 1.42. The Hall–Kier alpha value is -3.84. The van der Waals surface area contributed by atoms with Gasteiger partial charge in [-0.1, -0.05) is 6.07 Å². The SMILES string of the molecule is N#Cc1cc(-c2cncc([C@H](CC(=O)O)NC(=O)[C@@H]3CCCN(C(=O)CCC4CCNCC4)C3)c2)ccc1F. The molecule has 4 rings (SSSR count). The van der Waals surface area contributed by atoms with Gasteiger partial charge in [0.15, 0.2) is 0 Å². The van der Waals surface area contributed by atoms with Gasteiger partial charge in [-0.3, -0.25) is 19.4 Å². The summed E-state index contributed by atoms with van der Waals surface area (Å²) in [5.74, 6) is -1.81. The van der Waals surface area contributed by atoms with Crippen LogP contribution in [0.3, 0.4) is 0 Å². The Kier molecular flexibility index (Phi) is 9.60. The number of amides is 2. The number of pyridine rings is 1. The zero-order valence-corrected chi connectivity index (χ0v) is 21.9. The summed E-state index contributed by atoms with van der Waals surface area (Å²) in [6.07, 6.45) is 7.51. The van der Waals surface area contributed by atoms with E-state index in [2.05, 4.69) is 15.6 Å². The van der Waals surface area contributed by atoms with E-state index >= 15 is 0 Å². The fraction of sp³-hybridized carbons (Fsp3) is 0.483. The Morgan fingerprint density at radius 2 is 1.97 bits per heavy atom. The maximum atomic E-state index is 13.8. The third-order valence-corrected chi connectivity index (χ3v) is 7.65. The van der Waals surface area contributed by atoms with Crippen LogP contribution in [0.15, 0.2) is 36.7 Å². The number of likely N-dealkylation sites (tertiary alicyclic amines) is 1. The van der Waals surface area contributed by atoms with Gasteiger partial charge in [0.05, 0.1) is 23.9 Å². The molecule has 2 atom stereocenters. The molecule has 10 heteroatoms. The molecule has 9 nitrogen and oxygen atoms in total. The molecule has 3 heterocycles. The number of carbonyl (C=O) groups is 3. The molecule has 2 aromatic rings. The molecule has 2 saturated heterocycles. The van der Waals surface area contributed by atoms with Crippen molar-refractivity contribution in [2.75, 3.05) is 26.2 Å². The van der Waals surface area contributed by atoms with Crippen molar-refractivity contribution in [3.63, 3.8) is 0 Å². The molecule has 2 aliphatic heterocycles. The molecular formula is C29H34FN5O4. The van der Waals surface area contributed by atoms with Gasteiger partial charge in [0, 0.05) is 37.5 Å². The van der Waals surface area contributed by atoms with Gasteiger partial charge in [0.25, 0.3) is 0 Å². The van der Waals surface area contributed by atoms with Crippen LogP contribution >= 0.6 is 0 Å². The maximum absolute atomic E-state index is 13.8. The quantitative estimate of drug-likeness (QED) is 0.448. The van der Waals surface area contributed by atoms with Crippen molar-refractivity contribution < 1.29 is 23.9 Å². The van der Waals surface area contributed by atoms with Crippen LogP contribution in [0, 0.1) is 29.0 Å². The van der Waals surface area contributed by atoms with Crippen molar-refractivity contribution in [3.05, 3.63) is 53.6 Å². The van der Waals surface area contributed by atoms with E-state index in [1.807, 2.05) is 0 Å². The van der Waals surface area contributed by atoms with Crippen molar-refractivity contribution in [2.24, 2.45) is 11.8 Å². The van der Waals surface area contributed by atoms with Crippen molar-refractivity contribution in [2.45, 2.75) is 51.0 Å². The summed E-state index contributed by atoms with van der Waals surface area (Å²) in [4.78, 5) is 43.8. The zero-order valence-electron chi connectivity index (χ0n) is 21.9. The average molecular weight is 536 g/mol. The largest absolute Gasteiger partial charge is 0.481 e. The molecule has 1 aromatic heterocycles. The monoisotopic (exact) mass is 535 g/mol. The number of carbonyl (C=O) groups excluding carboxylic acids is 2. The fourth-order valence-electron chi connectivity index (χ4n) is 5.39. The molecule has 39 heavy (non-hydrogen) atoms. The van der Waals surface area contributed by atoms with E-state index in [0.29, 0.717) is 55.0 Å². The zero-order chi connectivity index (χ0) is 27.8. The van der Waals surface area contributed by atoms with Crippen LogP contribution < -0.4 is 10.6 Å². The first-order valence-electron chi connectivity index (χ1n) is 13.5. The predicted molar refractivity (Wildman–Crippen MR) is 142 cm³/mol. The van der Waals surface area contributed by atoms with Crippen LogP contribution in [0.1, 0.15) is 62.1 Å². The molecule has 0 bridgehead atoms. The Morgan fingerprint density at radius 3 is 2.72 bits per heavy atom. The highest BCUT2D eigenvalue weighted by Gasteiger charge is 2.31. The maximum Gasteiger partial charge on any atom is 0.305 e. The average Bonchev–Trinajstić information content (AvgIpc) is 2.96. The fourth-order valence-corrected chi connectivity index (χ4v) is 5.39. The lowest BCUT2D eigenvalue weighted by Gasteiger charge is -2.33. The lowest BCUT2D eigenvalue weighted by Crippen LogP contribution is -2.46. The molecule has 1 aromatic carbocycles. The smallest absolute Gasteiger partial charge is 0.305 e. The van der Waals surface area contributed by atoms with E-state index in [-0.39, 0.29) is 23.8 Å². The molecule has 0 unspecified atom stereocenters. The normalized spacial score (nSPS) is 18.7. The molecule has 0 spiro atoms. The van der Waals surface area contributed by atoms with Crippen LogP contribution in [-0.2, 0) is 14.4 Å². The first-order valence-corrected chi connectivity index (χ1v) is 13.5. The van der Waals surface area contributed by atoms with E-state index < -0.39 is 23.7 Å². The molecule has 206 valence electrons. The van der Waals surface area contributed by atoms with Gasteiger partial charge in [0.2, 0.25) is 11.8 Å². The van der Waals surface area contributed by atoms with Crippen molar-refractivity contribution in [1.82, 2.24) is 20.5 Å². The highest BCUT2D eigenvalue weighted by molar-refractivity contribution is 5.82. The van der Waals surface area contributed by atoms with Gasteiger partial charge >= 0.3 is 5.97 Å². The topological polar surface area (TPSA) is 135 Å². The summed E-state index contributed by atoms with van der Waals surface area (Å²) in [5, 5.41) is 24.9. The summed E-state index contributed by atoms with van der Waals surface area (Å²) < 4.78 is 13.8. The van der Waals surface area contributed by atoms with Crippen LogP contribution in [-0.4, -0.2) is 59.0 Å². The second-order valence-electron chi connectivity index (χ2n) is 10.4. The van der Waals surface area contributed by atoms with Gasteiger partial charge in [-0.15, -0.1) is 0 Å². The first-order chi connectivity index (χ1) is 18.8. The van der Waals surface area contributed by atoms with Crippen LogP contribution in [0.4, 0.5) is 4.39 Å². The summed E-state index contributed by atoms with van der Waals surface area (Å²) >= 11 is 0. The van der Waals surface area contributed by atoms with Crippen LogP contribution in [0.25, 0.3) is 11.1 Å². The van der Waals surface area contributed by atoms with Gasteiger partial charge in [-0.2, -0.15) is 5.26 Å². The van der Waals surface area contributed by atoms with E-state index in [1.165, 1.54) is 30.6 Å². The van der Waals surface area contributed by atoms with Crippen molar-refractivity contribution >= 4 is 17.8 Å². The number of nitriles is 1. The third kappa shape index (κ3) is 7.60. The van der Waals surface area contributed by atoms with E-state index in [1.54, 1.807) is 17.0 Å². The number of carboxylic acid groups (broad SMARTS) is 1. The second kappa shape index (κ2) is 13.3. The lowest BCUT2D eigenvalue weighted by molar-refractivity contribution is -0.138. The van der Waals surface area contributed by atoms with E-state index in [9.17, 15) is 23.9 Å². The van der Waals surface area contributed by atoms with Crippen LogP contribution in [0.2, 0.25) is 0 Å². The van der Waals surface area contributed by atoms with Gasteiger partial charge in [0.1, 0.15) is 11.9 Å². The van der Waals surface area contributed by atoms with E-state index in [0.717, 1.165) is 32.4 Å². The minimum absolute atomic E-state index is 0.0704. The number of nitrogens with one attached hydrogen (secondary N) is 2. The predicted octanol–water partition coefficient (Wildman–Crippen LogP) is 3.41. The number of carboxylic acids is 1. The van der Waals surface area contributed by atoms with Gasteiger partial charge in [-0.05, 0) is 80.4 Å². The second-order valence-corrected chi connectivity index (χ2v) is 10.4. The lowest BCUT2D eigenvalue weighted by atomic mass is 9.92. The Morgan fingerprint density at radius 1 is 1.18 bits per heavy atom. The summed E-state index contributed by atoms with van der Waals surface area (Å²) in [6.45, 7) is 2.93. The number of nitrogens with zero attached hydrogens (tertiary/aromatic N) is 3. The first kappa shape index (κ1) is 28.2. The number of halogens is 1. The number of piperidine rings is 2. The Bertz CT molecular complexity index is 1240. The highest BCUT2D eigenvalue weighted by Crippen LogP contribution is 2.27. The van der Waals surface area contributed by atoms with Gasteiger partial charge < -0.3 is 20.6 Å². The molecule has 3 N–H and O–H groups in total. The summed E-state index contributed by atoms with van der Waals surface area (Å²) in [7, 11) is 0. The van der Waals surface area contributed by atoms with E-state index in [4.69, 9.17) is 5.26 Å². The highest BCUT2D eigenvalue weighted by atomic mass is 19.1. The Labute approximate surface area is 227 Å². The molecule has 0 saturated carbocycles. The summed E-state index contributed by atoms with van der Waals surface area (Å²) in [6, 6.07) is 6.76. The molecule has 2 aliphatic rings. The molecule has 0 radical (unpaired) electrons. The minimum atomic E-state index is -1.09. The molecular weight excluding hydrogens is 501 g/mol. The molecule has 0 aliphatic carbocycles. The standard InChI is InChI=1S/C29H34FN5O4/c30-25-5-4-20(12-22(25)15-31)23-13-24(17-33-16-23)26(14-28(37)38)34-29(39)21-2-1-11-35(18-21)27(36)6-3-19-7-9-32-10-8-19/h4-5,12-13,16-17,19,21,26,32H,1-3,6-11,14,18H2,(H,34,39)(H,37,38)/t21-,26+/m1/s1. The number of hydrogen-bond acceptors (Lipinski definition) is 6.